The Balaban J connectivity index is 2.18. The van der Waals surface area contributed by atoms with E-state index < -0.39 is 5.97 Å². The van der Waals surface area contributed by atoms with E-state index >= 15 is 0 Å². The van der Waals surface area contributed by atoms with E-state index in [2.05, 4.69) is 10.4 Å². The molecule has 0 aliphatic carbocycles. The molecule has 0 aliphatic heterocycles. The second kappa shape index (κ2) is 5.50. The van der Waals surface area contributed by atoms with E-state index in [4.69, 9.17) is 28.3 Å². The third kappa shape index (κ3) is 3.19. The van der Waals surface area contributed by atoms with Crippen molar-refractivity contribution >= 4 is 34.9 Å². The van der Waals surface area contributed by atoms with Gasteiger partial charge >= 0.3 is 5.97 Å². The number of rotatable bonds is 4. The summed E-state index contributed by atoms with van der Waals surface area (Å²) < 4.78 is 1.52. The molecule has 0 saturated carbocycles. The molecular formula is C12H11Cl2N3O2. The van der Waals surface area contributed by atoms with Crippen molar-refractivity contribution in [1.82, 2.24) is 9.78 Å². The summed E-state index contributed by atoms with van der Waals surface area (Å²) in [5.41, 5.74) is 1.46. The minimum absolute atomic E-state index is 0.170. The van der Waals surface area contributed by atoms with Gasteiger partial charge in [-0.25, -0.2) is 4.79 Å². The van der Waals surface area contributed by atoms with Crippen LogP contribution in [0.25, 0.3) is 0 Å². The highest BCUT2D eigenvalue weighted by molar-refractivity contribution is 6.35. The van der Waals surface area contributed by atoms with Crippen LogP contribution in [0.1, 0.15) is 16.1 Å². The van der Waals surface area contributed by atoms with E-state index in [-0.39, 0.29) is 5.56 Å². The molecule has 0 saturated heterocycles. The molecule has 0 unspecified atom stereocenters. The molecule has 5 nitrogen and oxygen atoms in total. The Morgan fingerprint density at radius 2 is 2.00 bits per heavy atom. The van der Waals surface area contributed by atoms with Crippen molar-refractivity contribution in [3.63, 3.8) is 0 Å². The maximum absolute atomic E-state index is 11.0. The van der Waals surface area contributed by atoms with E-state index in [1.54, 1.807) is 25.2 Å². The fourth-order valence-electron chi connectivity index (χ4n) is 1.69. The van der Waals surface area contributed by atoms with Gasteiger partial charge in [-0.2, -0.15) is 5.10 Å². The molecule has 0 aliphatic rings. The van der Waals surface area contributed by atoms with Gasteiger partial charge in [-0.05, 0) is 18.2 Å². The Hall–Kier alpha value is -1.72. The number of nitrogens with one attached hydrogen (secondary N) is 1. The summed E-state index contributed by atoms with van der Waals surface area (Å²) in [5.74, 6) is -1.01. The molecule has 19 heavy (non-hydrogen) atoms. The van der Waals surface area contributed by atoms with Gasteiger partial charge in [0.05, 0.1) is 18.4 Å². The summed E-state index contributed by atoms with van der Waals surface area (Å²) in [6.45, 7) is 0.314. The van der Waals surface area contributed by atoms with Gasteiger partial charge in [-0.1, -0.05) is 23.2 Å². The van der Waals surface area contributed by atoms with Crippen molar-refractivity contribution in [2.75, 3.05) is 5.32 Å². The van der Waals surface area contributed by atoms with E-state index in [1.165, 1.54) is 10.9 Å². The summed E-state index contributed by atoms with van der Waals surface area (Å²) in [5, 5.41) is 17.1. The number of nitrogens with zero attached hydrogens (tertiary/aromatic N) is 2. The van der Waals surface area contributed by atoms with Crippen molar-refractivity contribution in [1.29, 1.82) is 0 Å². The zero-order chi connectivity index (χ0) is 14.0. The van der Waals surface area contributed by atoms with Crippen molar-refractivity contribution in [3.8, 4) is 0 Å². The van der Waals surface area contributed by atoms with Crippen LogP contribution in [0.5, 0.6) is 0 Å². The molecule has 7 heteroatoms. The minimum atomic E-state index is -1.01. The number of halogens is 2. The first-order chi connectivity index (χ1) is 8.97. The molecule has 0 amide bonds. The van der Waals surface area contributed by atoms with Gasteiger partial charge in [-0.15, -0.1) is 0 Å². The number of aromatic carboxylic acids is 1. The molecular weight excluding hydrogens is 289 g/mol. The highest BCUT2D eigenvalue weighted by Crippen LogP contribution is 2.23. The predicted octanol–water partition coefficient (Wildman–Crippen LogP) is 3.04. The number of hydrogen-bond acceptors (Lipinski definition) is 3. The first kappa shape index (κ1) is 13.7. The SMILES string of the molecule is Cn1ncc(C(=O)O)c1CNc1cc(Cl)cc(Cl)c1. The molecule has 0 radical (unpaired) electrons. The van der Waals surface area contributed by atoms with Crippen LogP contribution in [0.3, 0.4) is 0 Å². The van der Waals surface area contributed by atoms with Crippen molar-refractivity contribution in [2.24, 2.45) is 7.05 Å². The number of carboxylic acid groups (broad SMARTS) is 1. The summed E-state index contributed by atoms with van der Waals surface area (Å²) in [6, 6.07) is 5.05. The second-order valence-electron chi connectivity index (χ2n) is 3.95. The average Bonchev–Trinajstić information content (AvgIpc) is 2.67. The number of hydrogen-bond donors (Lipinski definition) is 2. The number of aryl methyl sites for hydroxylation is 1. The van der Waals surface area contributed by atoms with Gasteiger partial charge in [0.15, 0.2) is 0 Å². The van der Waals surface area contributed by atoms with Gasteiger partial charge in [0, 0.05) is 22.8 Å². The van der Waals surface area contributed by atoms with E-state index in [0.717, 1.165) is 5.69 Å². The van der Waals surface area contributed by atoms with Gasteiger partial charge in [-0.3, -0.25) is 4.68 Å². The fourth-order valence-corrected chi connectivity index (χ4v) is 2.22. The number of carbonyl (C=O) groups is 1. The smallest absolute Gasteiger partial charge is 0.339 e. The molecule has 1 aromatic carbocycles. The quantitative estimate of drug-likeness (QED) is 0.910. The minimum Gasteiger partial charge on any atom is -0.478 e. The van der Waals surface area contributed by atoms with Gasteiger partial charge < -0.3 is 10.4 Å². The molecule has 0 fully saturated rings. The van der Waals surface area contributed by atoms with Crippen LogP contribution in [0.15, 0.2) is 24.4 Å². The van der Waals surface area contributed by atoms with Crippen LogP contribution in [0.2, 0.25) is 10.0 Å². The standard InChI is InChI=1S/C12H11Cl2N3O2/c1-17-11(10(5-16-17)12(18)19)6-15-9-3-7(13)2-8(14)4-9/h2-5,15H,6H2,1H3,(H,18,19). The van der Waals surface area contributed by atoms with Crippen molar-refractivity contribution in [3.05, 3.63) is 45.7 Å². The maximum atomic E-state index is 11.0. The largest absolute Gasteiger partial charge is 0.478 e. The van der Waals surface area contributed by atoms with Crippen LogP contribution in [0.4, 0.5) is 5.69 Å². The van der Waals surface area contributed by atoms with Crippen LogP contribution in [-0.4, -0.2) is 20.9 Å². The Kier molecular flexibility index (Phi) is 3.97. The molecule has 2 rings (SSSR count). The molecule has 0 spiro atoms. The van der Waals surface area contributed by atoms with Gasteiger partial charge in [0.1, 0.15) is 5.56 Å². The lowest BCUT2D eigenvalue weighted by Crippen LogP contribution is -2.10. The van der Waals surface area contributed by atoms with E-state index in [0.29, 0.717) is 22.3 Å². The average molecular weight is 300 g/mol. The zero-order valence-corrected chi connectivity index (χ0v) is 11.5. The number of anilines is 1. The van der Waals surface area contributed by atoms with Crippen LogP contribution < -0.4 is 5.32 Å². The topological polar surface area (TPSA) is 67.2 Å². The van der Waals surface area contributed by atoms with Gasteiger partial charge in [0.2, 0.25) is 0 Å². The molecule has 0 bridgehead atoms. The molecule has 2 N–H and O–H groups in total. The van der Waals surface area contributed by atoms with E-state index in [1.807, 2.05) is 0 Å². The van der Waals surface area contributed by atoms with Crippen LogP contribution in [0, 0.1) is 0 Å². The van der Waals surface area contributed by atoms with Gasteiger partial charge in [0.25, 0.3) is 0 Å². The lowest BCUT2D eigenvalue weighted by Gasteiger charge is -2.09. The predicted molar refractivity (Wildman–Crippen MR) is 74.0 cm³/mol. The Morgan fingerprint density at radius 3 is 2.58 bits per heavy atom. The summed E-state index contributed by atoms with van der Waals surface area (Å²) in [4.78, 5) is 11.0. The lowest BCUT2D eigenvalue weighted by atomic mass is 10.2. The Bertz CT molecular complexity index is 605. The molecule has 1 heterocycles. The number of aromatic nitrogens is 2. The van der Waals surface area contributed by atoms with Crippen molar-refractivity contribution in [2.45, 2.75) is 6.54 Å². The van der Waals surface area contributed by atoms with Crippen LogP contribution >= 0.6 is 23.2 Å². The fraction of sp³-hybridized carbons (Fsp3) is 0.167. The highest BCUT2D eigenvalue weighted by Gasteiger charge is 2.14. The zero-order valence-electron chi connectivity index (χ0n) is 10.0. The Labute approximate surface area is 119 Å². The van der Waals surface area contributed by atoms with Crippen LogP contribution in [-0.2, 0) is 13.6 Å². The molecule has 0 atom stereocenters. The maximum Gasteiger partial charge on any atom is 0.339 e. The number of benzene rings is 1. The lowest BCUT2D eigenvalue weighted by molar-refractivity contribution is 0.0695. The normalized spacial score (nSPS) is 10.5. The molecule has 100 valence electrons. The second-order valence-corrected chi connectivity index (χ2v) is 4.82. The first-order valence-corrected chi connectivity index (χ1v) is 6.17. The van der Waals surface area contributed by atoms with Crippen molar-refractivity contribution < 1.29 is 9.90 Å². The van der Waals surface area contributed by atoms with E-state index in [9.17, 15) is 4.79 Å². The first-order valence-electron chi connectivity index (χ1n) is 5.41. The molecule has 1 aromatic heterocycles. The Morgan fingerprint density at radius 1 is 1.37 bits per heavy atom. The number of carboxylic acids is 1. The summed E-state index contributed by atoms with van der Waals surface area (Å²) in [7, 11) is 1.69. The third-order valence-corrected chi connectivity index (χ3v) is 3.05. The molecule has 2 aromatic rings. The monoisotopic (exact) mass is 299 g/mol. The summed E-state index contributed by atoms with van der Waals surface area (Å²) in [6.07, 6.45) is 1.32. The highest BCUT2D eigenvalue weighted by atomic mass is 35.5. The third-order valence-electron chi connectivity index (χ3n) is 2.61. The summed E-state index contributed by atoms with van der Waals surface area (Å²) >= 11 is 11.8.